The van der Waals surface area contributed by atoms with Crippen molar-refractivity contribution in [2.24, 2.45) is 5.92 Å². The van der Waals surface area contributed by atoms with Crippen LogP contribution in [-0.4, -0.2) is 72.4 Å². The van der Waals surface area contributed by atoms with Gasteiger partial charge in [-0.05, 0) is 77.6 Å². The van der Waals surface area contributed by atoms with Crippen LogP contribution in [-0.2, 0) is 9.47 Å². The second-order valence-corrected chi connectivity index (χ2v) is 10.6. The van der Waals surface area contributed by atoms with E-state index in [2.05, 4.69) is 18.7 Å². The van der Waals surface area contributed by atoms with E-state index in [0.29, 0.717) is 23.6 Å². The van der Waals surface area contributed by atoms with Crippen molar-refractivity contribution >= 4 is 12.1 Å². The fourth-order valence-corrected chi connectivity index (χ4v) is 4.59. The summed E-state index contributed by atoms with van der Waals surface area (Å²) in [5.41, 5.74) is 0.0780. The third-order valence-corrected chi connectivity index (χ3v) is 6.52. The van der Waals surface area contributed by atoms with Gasteiger partial charge in [-0.15, -0.1) is 0 Å². The minimum Gasteiger partial charge on any atom is -0.490 e. The molecule has 0 unspecified atom stereocenters. The normalized spacial score (nSPS) is 21.6. The van der Waals surface area contributed by atoms with Crippen molar-refractivity contribution in [2.45, 2.75) is 84.1 Å². The molecule has 0 N–H and O–H groups in total. The van der Waals surface area contributed by atoms with Crippen LogP contribution in [0.2, 0.25) is 0 Å². The Bertz CT molecular complexity index is 788. The van der Waals surface area contributed by atoms with Crippen LogP contribution in [0.15, 0.2) is 24.3 Å². The lowest BCUT2D eigenvalue weighted by Crippen LogP contribution is -2.54. The Hall–Kier alpha value is -2.28. The van der Waals surface area contributed by atoms with Gasteiger partial charge in [-0.1, -0.05) is 0 Å². The van der Waals surface area contributed by atoms with Crippen LogP contribution in [0.5, 0.6) is 5.75 Å². The maximum absolute atomic E-state index is 12.3. The van der Waals surface area contributed by atoms with Gasteiger partial charge in [-0.3, -0.25) is 4.90 Å². The minimum absolute atomic E-state index is 0.194. The standard InChI is InChI=1S/C26H40N2O5/c1-18(2)28(17-19-11-13-27(14-12-19)25(30)33-26(3,4)5)21-15-23(16-21)32-22-9-7-20(8-10-22)24(29)31-6/h7-10,18-19,21,23H,11-17H2,1-6H3. The third kappa shape index (κ3) is 7.10. The monoisotopic (exact) mass is 460 g/mol. The van der Waals surface area contributed by atoms with Crippen molar-refractivity contribution in [3.63, 3.8) is 0 Å². The Morgan fingerprint density at radius 1 is 1.09 bits per heavy atom. The van der Waals surface area contributed by atoms with Crippen LogP contribution in [0, 0.1) is 5.92 Å². The Balaban J connectivity index is 1.44. The zero-order valence-corrected chi connectivity index (χ0v) is 21.0. The number of methoxy groups -OCH3 is 1. The van der Waals surface area contributed by atoms with Gasteiger partial charge in [0.15, 0.2) is 0 Å². The number of hydrogen-bond acceptors (Lipinski definition) is 6. The van der Waals surface area contributed by atoms with Crippen LogP contribution in [0.3, 0.4) is 0 Å². The molecule has 2 fully saturated rings. The van der Waals surface area contributed by atoms with Crippen LogP contribution < -0.4 is 4.74 Å². The zero-order valence-electron chi connectivity index (χ0n) is 21.0. The van der Waals surface area contributed by atoms with Crippen LogP contribution in [0.4, 0.5) is 4.79 Å². The molecule has 3 rings (SSSR count). The first-order valence-corrected chi connectivity index (χ1v) is 12.1. The average Bonchev–Trinajstić information content (AvgIpc) is 2.73. The number of amides is 1. The molecule has 1 heterocycles. The molecular weight excluding hydrogens is 420 g/mol. The van der Waals surface area contributed by atoms with Crippen molar-refractivity contribution in [2.75, 3.05) is 26.7 Å². The average molecular weight is 461 g/mol. The smallest absolute Gasteiger partial charge is 0.410 e. The molecule has 2 aliphatic rings. The number of likely N-dealkylation sites (tertiary alicyclic amines) is 1. The summed E-state index contributed by atoms with van der Waals surface area (Å²) in [5.74, 6) is 1.04. The Morgan fingerprint density at radius 3 is 2.21 bits per heavy atom. The molecule has 184 valence electrons. The van der Waals surface area contributed by atoms with Gasteiger partial charge < -0.3 is 19.1 Å². The molecule has 0 spiro atoms. The molecule has 0 atom stereocenters. The predicted molar refractivity (Wildman–Crippen MR) is 128 cm³/mol. The van der Waals surface area contributed by atoms with E-state index in [1.54, 1.807) is 12.1 Å². The Morgan fingerprint density at radius 2 is 1.70 bits per heavy atom. The predicted octanol–water partition coefficient (Wildman–Crippen LogP) is 4.74. The summed E-state index contributed by atoms with van der Waals surface area (Å²) >= 11 is 0. The topological polar surface area (TPSA) is 68.3 Å². The van der Waals surface area contributed by atoms with Gasteiger partial charge in [0.25, 0.3) is 0 Å². The second kappa shape index (κ2) is 10.8. The van der Waals surface area contributed by atoms with E-state index < -0.39 is 5.60 Å². The summed E-state index contributed by atoms with van der Waals surface area (Å²) in [4.78, 5) is 28.3. The molecule has 0 radical (unpaired) electrons. The van der Waals surface area contributed by atoms with Gasteiger partial charge in [-0.25, -0.2) is 9.59 Å². The van der Waals surface area contributed by atoms with Crippen LogP contribution in [0.1, 0.15) is 70.7 Å². The lowest BCUT2D eigenvalue weighted by Gasteiger charge is -2.46. The van der Waals surface area contributed by atoms with Gasteiger partial charge in [0.05, 0.1) is 12.7 Å². The molecule has 1 saturated carbocycles. The fraction of sp³-hybridized carbons (Fsp3) is 0.692. The SMILES string of the molecule is COC(=O)c1ccc(OC2CC(N(CC3CCN(C(=O)OC(C)(C)C)CC3)C(C)C)C2)cc1. The van der Waals surface area contributed by atoms with Crippen molar-refractivity contribution in [3.8, 4) is 5.75 Å². The molecule has 1 aromatic rings. The largest absolute Gasteiger partial charge is 0.490 e. The first-order chi connectivity index (χ1) is 15.6. The highest BCUT2D eigenvalue weighted by Gasteiger charge is 2.38. The van der Waals surface area contributed by atoms with Gasteiger partial charge >= 0.3 is 12.1 Å². The summed E-state index contributed by atoms with van der Waals surface area (Å²) in [6, 6.07) is 8.13. The molecule has 1 aromatic carbocycles. The van der Waals surface area contributed by atoms with E-state index in [1.807, 2.05) is 37.8 Å². The number of hydrogen-bond donors (Lipinski definition) is 0. The molecule has 0 bridgehead atoms. The maximum atomic E-state index is 12.3. The lowest BCUT2D eigenvalue weighted by atomic mass is 9.85. The van der Waals surface area contributed by atoms with Gasteiger partial charge in [0, 0.05) is 44.6 Å². The first-order valence-electron chi connectivity index (χ1n) is 12.1. The lowest BCUT2D eigenvalue weighted by molar-refractivity contribution is -0.0134. The van der Waals surface area contributed by atoms with E-state index >= 15 is 0 Å². The molecule has 1 saturated heterocycles. The molecule has 7 heteroatoms. The summed E-state index contributed by atoms with van der Waals surface area (Å²) < 4.78 is 16.4. The van der Waals surface area contributed by atoms with Gasteiger partial charge in [0.2, 0.25) is 0 Å². The van der Waals surface area contributed by atoms with Crippen LogP contribution >= 0.6 is 0 Å². The number of benzene rings is 1. The number of ether oxygens (including phenoxy) is 3. The third-order valence-electron chi connectivity index (χ3n) is 6.52. The quantitative estimate of drug-likeness (QED) is 0.548. The second-order valence-electron chi connectivity index (χ2n) is 10.6. The number of nitrogens with zero attached hydrogens (tertiary/aromatic N) is 2. The van der Waals surface area contributed by atoms with Crippen molar-refractivity contribution in [3.05, 3.63) is 29.8 Å². The molecule has 33 heavy (non-hydrogen) atoms. The van der Waals surface area contributed by atoms with Crippen molar-refractivity contribution in [1.82, 2.24) is 9.80 Å². The summed E-state index contributed by atoms with van der Waals surface area (Å²) in [6.45, 7) is 12.8. The Kier molecular flexibility index (Phi) is 8.27. The Labute approximate surface area is 198 Å². The minimum atomic E-state index is -0.450. The summed E-state index contributed by atoms with van der Waals surface area (Å²) in [5, 5.41) is 0. The van der Waals surface area contributed by atoms with E-state index in [4.69, 9.17) is 14.2 Å². The molecule has 0 aromatic heterocycles. The number of carbonyl (C=O) groups is 2. The maximum Gasteiger partial charge on any atom is 0.410 e. The van der Waals surface area contributed by atoms with Crippen molar-refractivity contribution < 1.29 is 23.8 Å². The van der Waals surface area contributed by atoms with E-state index in [-0.39, 0.29) is 18.2 Å². The number of rotatable bonds is 7. The molecular formula is C26H40N2O5. The number of carbonyl (C=O) groups excluding carboxylic acids is 2. The highest BCUT2D eigenvalue weighted by atomic mass is 16.6. The van der Waals surface area contributed by atoms with Gasteiger partial charge in [0.1, 0.15) is 17.5 Å². The van der Waals surface area contributed by atoms with E-state index in [1.165, 1.54) is 7.11 Å². The number of esters is 1. The van der Waals surface area contributed by atoms with Crippen LogP contribution in [0.25, 0.3) is 0 Å². The molecule has 1 amide bonds. The van der Waals surface area contributed by atoms with Crippen molar-refractivity contribution in [1.29, 1.82) is 0 Å². The fourth-order valence-electron chi connectivity index (χ4n) is 4.59. The first kappa shape index (κ1) is 25.3. The summed E-state index contributed by atoms with van der Waals surface area (Å²) in [6.07, 6.45) is 4.06. The van der Waals surface area contributed by atoms with E-state index in [0.717, 1.165) is 51.1 Å². The van der Waals surface area contributed by atoms with Gasteiger partial charge in [-0.2, -0.15) is 0 Å². The highest BCUT2D eigenvalue weighted by molar-refractivity contribution is 5.89. The zero-order chi connectivity index (χ0) is 24.2. The summed E-state index contributed by atoms with van der Waals surface area (Å²) in [7, 11) is 1.38. The molecule has 7 nitrogen and oxygen atoms in total. The number of piperidine rings is 1. The highest BCUT2D eigenvalue weighted by Crippen LogP contribution is 2.33. The van der Waals surface area contributed by atoms with E-state index in [9.17, 15) is 9.59 Å². The molecule has 1 aliphatic carbocycles. The molecule has 1 aliphatic heterocycles.